The van der Waals surface area contributed by atoms with Crippen molar-refractivity contribution in [3.8, 4) is 0 Å². The Bertz CT molecular complexity index is 218. The van der Waals surface area contributed by atoms with Crippen LogP contribution >= 0.6 is 24.2 Å². The van der Waals surface area contributed by atoms with Gasteiger partial charge in [-0.2, -0.15) is 0 Å². The fraction of sp³-hybridized carbons (Fsp3) is 1.00. The molecule has 0 radical (unpaired) electrons. The molecule has 0 saturated heterocycles. The van der Waals surface area contributed by atoms with Gasteiger partial charge >= 0.3 is 0 Å². The summed E-state index contributed by atoms with van der Waals surface area (Å²) in [5.41, 5.74) is 0. The van der Waals surface area contributed by atoms with E-state index in [4.69, 9.17) is 0 Å². The summed E-state index contributed by atoms with van der Waals surface area (Å²) in [6.07, 6.45) is 21.9. The van der Waals surface area contributed by atoms with E-state index in [-0.39, 0.29) is 34.0 Å². The second-order valence-corrected chi connectivity index (χ2v) is 11.9. The van der Waals surface area contributed by atoms with Crippen LogP contribution in [0.5, 0.6) is 0 Å². The highest BCUT2D eigenvalue weighted by atomic mass is 79.9. The molecule has 25 heavy (non-hydrogen) atoms. The summed E-state index contributed by atoms with van der Waals surface area (Å²) >= 11 is 0. The first-order valence-corrected chi connectivity index (χ1v) is 13.3. The number of unbranched alkanes of at least 4 members (excludes halogenated alkanes) is 6. The zero-order valence-electron chi connectivity index (χ0n) is 17.8. The van der Waals surface area contributed by atoms with Crippen molar-refractivity contribution in [2.24, 2.45) is 0 Å². The van der Waals surface area contributed by atoms with E-state index < -0.39 is 7.26 Å². The minimum atomic E-state index is -0.640. The van der Waals surface area contributed by atoms with Gasteiger partial charge in [-0.1, -0.05) is 59.8 Å². The zero-order valence-corrected chi connectivity index (χ0v) is 21.9. The van der Waals surface area contributed by atoms with E-state index in [2.05, 4.69) is 33.0 Å². The fourth-order valence-electron chi connectivity index (χ4n) is 3.47. The predicted octanol–water partition coefficient (Wildman–Crippen LogP) is 4.55. The monoisotopic (exact) mass is 503 g/mol. The van der Waals surface area contributed by atoms with Crippen molar-refractivity contribution in [2.45, 2.75) is 98.3 Å². The van der Waals surface area contributed by atoms with Crippen LogP contribution in [0.2, 0.25) is 0 Å². The number of hydrogen-bond acceptors (Lipinski definition) is 1. The molecular weight excluding hydrogens is 457 g/mol. The van der Waals surface area contributed by atoms with E-state index >= 15 is 0 Å². The van der Waals surface area contributed by atoms with Crippen LogP contribution in [0.15, 0.2) is 0 Å². The highest BCUT2D eigenvalue weighted by molar-refractivity contribution is 8.93. The number of rotatable bonds is 18. The molecule has 0 spiro atoms. The van der Waals surface area contributed by atoms with Crippen molar-refractivity contribution in [1.29, 1.82) is 0 Å². The average molecular weight is 505 g/mol. The molecule has 0 aliphatic rings. The summed E-state index contributed by atoms with van der Waals surface area (Å²) in [7, 11) is -0.640. The Hall–Kier alpha value is 1.35. The van der Waals surface area contributed by atoms with Gasteiger partial charge in [0.25, 0.3) is 0 Å². The Labute approximate surface area is 182 Å². The minimum Gasteiger partial charge on any atom is -1.00 e. The van der Waals surface area contributed by atoms with Crippen molar-refractivity contribution in [3.05, 3.63) is 0 Å². The van der Waals surface area contributed by atoms with E-state index in [0.717, 1.165) is 0 Å². The second-order valence-electron chi connectivity index (χ2n) is 7.46. The summed E-state index contributed by atoms with van der Waals surface area (Å²) in [4.78, 5) is 0. The lowest BCUT2D eigenvalue weighted by molar-refractivity contribution is -0.00000547. The first-order chi connectivity index (χ1) is 11.2. The highest BCUT2D eigenvalue weighted by Crippen LogP contribution is 2.61. The lowest BCUT2D eigenvalue weighted by Crippen LogP contribution is -3.00. The molecule has 0 amide bonds. The Morgan fingerprint density at radius 1 is 0.520 bits per heavy atom. The number of nitrogens with one attached hydrogen (secondary N) is 1. The second kappa shape index (κ2) is 23.4. The molecule has 0 aliphatic heterocycles. The molecule has 0 rings (SSSR count). The molecular formula is C21H48Br2NP. The van der Waals surface area contributed by atoms with Crippen molar-refractivity contribution < 1.29 is 17.0 Å². The van der Waals surface area contributed by atoms with Crippen LogP contribution in [0, 0.1) is 0 Å². The van der Waals surface area contributed by atoms with Crippen LogP contribution in [-0.2, 0) is 0 Å². The Morgan fingerprint density at radius 3 is 1.28 bits per heavy atom. The van der Waals surface area contributed by atoms with Gasteiger partial charge < -0.3 is 22.3 Å². The molecule has 0 unspecified atom stereocenters. The molecule has 0 fully saturated rings. The first kappa shape index (κ1) is 31.1. The summed E-state index contributed by atoms with van der Waals surface area (Å²) in [6.45, 7) is 11.9. The van der Waals surface area contributed by atoms with E-state index in [1.807, 2.05) is 0 Å². The molecule has 0 saturated carbocycles. The standard InChI is InChI=1S/C21H47NP.2BrH/c1-5-9-13-16-22-17-14-15-21-23(18-10-6-2,19-11-7-3)20-12-8-4;;/h22H,5-21H2,1-4H3;2*1H/q+1;;/p-1. The van der Waals surface area contributed by atoms with Gasteiger partial charge in [0.05, 0.1) is 24.6 Å². The molecule has 1 nitrogen and oxygen atoms in total. The molecule has 156 valence electrons. The smallest absolute Gasteiger partial charge is 0.0594 e. The third-order valence-electron chi connectivity index (χ3n) is 5.15. The van der Waals surface area contributed by atoms with Gasteiger partial charge in [0, 0.05) is 7.26 Å². The van der Waals surface area contributed by atoms with Crippen molar-refractivity contribution >= 4 is 24.2 Å². The fourth-order valence-corrected chi connectivity index (χ4v) is 8.67. The summed E-state index contributed by atoms with van der Waals surface area (Å²) in [5, 5.41) is 3.65. The van der Waals surface area contributed by atoms with Crippen LogP contribution < -0.4 is 22.3 Å². The largest absolute Gasteiger partial charge is 1.00 e. The molecule has 0 aromatic rings. The number of halogens is 2. The lowest BCUT2D eigenvalue weighted by Gasteiger charge is -2.28. The van der Waals surface area contributed by atoms with Gasteiger partial charge in [0.2, 0.25) is 0 Å². The van der Waals surface area contributed by atoms with Gasteiger partial charge in [-0.15, -0.1) is 17.0 Å². The van der Waals surface area contributed by atoms with Crippen LogP contribution in [-0.4, -0.2) is 37.7 Å². The van der Waals surface area contributed by atoms with Gasteiger partial charge in [-0.05, 0) is 51.6 Å². The Morgan fingerprint density at radius 2 is 0.880 bits per heavy atom. The van der Waals surface area contributed by atoms with E-state index in [1.165, 1.54) is 83.7 Å². The van der Waals surface area contributed by atoms with Crippen LogP contribution in [0.3, 0.4) is 0 Å². The third kappa shape index (κ3) is 18.5. The van der Waals surface area contributed by atoms with Gasteiger partial charge in [0.15, 0.2) is 0 Å². The van der Waals surface area contributed by atoms with E-state index in [1.54, 1.807) is 24.6 Å². The van der Waals surface area contributed by atoms with Crippen molar-refractivity contribution in [3.63, 3.8) is 0 Å². The zero-order chi connectivity index (χ0) is 17.2. The molecule has 1 N–H and O–H groups in total. The van der Waals surface area contributed by atoms with Gasteiger partial charge in [-0.3, -0.25) is 0 Å². The lowest BCUT2D eigenvalue weighted by atomic mass is 10.2. The third-order valence-corrected chi connectivity index (χ3v) is 10.2. The topological polar surface area (TPSA) is 12.0 Å². The van der Waals surface area contributed by atoms with Crippen molar-refractivity contribution in [2.75, 3.05) is 37.7 Å². The van der Waals surface area contributed by atoms with Crippen LogP contribution in [0.1, 0.15) is 98.3 Å². The quantitative estimate of drug-likeness (QED) is 0.213. The van der Waals surface area contributed by atoms with E-state index in [0.29, 0.717) is 0 Å². The Kier molecular flexibility index (Phi) is 29.1. The Balaban J connectivity index is -0.00000242. The first-order valence-electron chi connectivity index (χ1n) is 10.8. The summed E-state index contributed by atoms with van der Waals surface area (Å²) < 4.78 is 0. The predicted molar refractivity (Wildman–Crippen MR) is 123 cm³/mol. The van der Waals surface area contributed by atoms with Gasteiger partial charge in [0.1, 0.15) is 0 Å². The van der Waals surface area contributed by atoms with Crippen molar-refractivity contribution in [1.82, 2.24) is 5.32 Å². The highest BCUT2D eigenvalue weighted by Gasteiger charge is 2.34. The molecule has 0 aromatic carbocycles. The molecule has 0 bridgehead atoms. The van der Waals surface area contributed by atoms with Crippen LogP contribution in [0.25, 0.3) is 0 Å². The summed E-state index contributed by atoms with van der Waals surface area (Å²) in [6, 6.07) is 0. The molecule has 0 heterocycles. The van der Waals surface area contributed by atoms with Gasteiger partial charge in [-0.25, -0.2) is 0 Å². The average Bonchev–Trinajstić information content (AvgIpc) is 2.58. The normalized spacial score (nSPS) is 11.0. The molecule has 0 aliphatic carbocycles. The maximum absolute atomic E-state index is 3.65. The maximum Gasteiger partial charge on any atom is 0.0594 e. The van der Waals surface area contributed by atoms with Crippen LogP contribution in [0.4, 0.5) is 0 Å². The molecule has 0 atom stereocenters. The maximum atomic E-state index is 3.65. The molecule has 4 heteroatoms. The SMILES string of the molecule is Br.CCCCCNCCCC[P+](CCCC)(CCCC)CCCC.[Br-]. The number of hydrogen-bond donors (Lipinski definition) is 1. The molecule has 0 aromatic heterocycles. The minimum absolute atomic E-state index is 0. The summed E-state index contributed by atoms with van der Waals surface area (Å²) in [5.74, 6) is 0. The van der Waals surface area contributed by atoms with E-state index in [9.17, 15) is 0 Å².